The topological polar surface area (TPSA) is 12.9 Å². The number of allylic oxidation sites excluding steroid dienone is 1. The SMILES string of the molecule is C=C(C)Cc1cc(C(F)(F)F)cc(Br)n1. The molecule has 0 aliphatic rings. The minimum Gasteiger partial charge on any atom is -0.246 e. The van der Waals surface area contributed by atoms with Crippen molar-refractivity contribution in [2.45, 2.75) is 19.5 Å². The van der Waals surface area contributed by atoms with Crippen molar-refractivity contribution in [3.63, 3.8) is 0 Å². The van der Waals surface area contributed by atoms with Crippen molar-refractivity contribution in [1.82, 2.24) is 4.98 Å². The van der Waals surface area contributed by atoms with Gasteiger partial charge in [-0.1, -0.05) is 12.2 Å². The van der Waals surface area contributed by atoms with Crippen molar-refractivity contribution in [2.75, 3.05) is 0 Å². The molecule has 0 saturated heterocycles. The highest BCUT2D eigenvalue weighted by atomic mass is 79.9. The summed E-state index contributed by atoms with van der Waals surface area (Å²) in [5, 5.41) is 0. The van der Waals surface area contributed by atoms with Gasteiger partial charge in [0.25, 0.3) is 0 Å². The smallest absolute Gasteiger partial charge is 0.246 e. The molecule has 82 valence electrons. The first kappa shape index (κ1) is 12.2. The lowest BCUT2D eigenvalue weighted by Crippen LogP contribution is -2.07. The summed E-state index contributed by atoms with van der Waals surface area (Å²) in [6, 6.07) is 2.00. The molecule has 0 bridgehead atoms. The van der Waals surface area contributed by atoms with Crippen LogP contribution in [0.15, 0.2) is 28.9 Å². The summed E-state index contributed by atoms with van der Waals surface area (Å²) in [7, 11) is 0. The first-order valence-electron chi connectivity index (χ1n) is 4.17. The van der Waals surface area contributed by atoms with Crippen molar-refractivity contribution < 1.29 is 13.2 Å². The van der Waals surface area contributed by atoms with E-state index in [0.29, 0.717) is 12.1 Å². The Bertz CT molecular complexity index is 385. The van der Waals surface area contributed by atoms with E-state index in [1.54, 1.807) is 6.92 Å². The van der Waals surface area contributed by atoms with Crippen molar-refractivity contribution in [2.24, 2.45) is 0 Å². The molecular formula is C10H9BrF3N. The van der Waals surface area contributed by atoms with Crippen LogP contribution in [0.25, 0.3) is 0 Å². The highest BCUT2D eigenvalue weighted by Gasteiger charge is 2.31. The van der Waals surface area contributed by atoms with Gasteiger partial charge in [0.15, 0.2) is 0 Å². The van der Waals surface area contributed by atoms with Crippen molar-refractivity contribution in [3.05, 3.63) is 40.1 Å². The summed E-state index contributed by atoms with van der Waals surface area (Å²) in [6.45, 7) is 5.38. The summed E-state index contributed by atoms with van der Waals surface area (Å²) < 4.78 is 37.4. The monoisotopic (exact) mass is 279 g/mol. The van der Waals surface area contributed by atoms with Gasteiger partial charge in [0, 0.05) is 12.1 Å². The minimum absolute atomic E-state index is 0.188. The molecule has 1 rings (SSSR count). The van der Waals surface area contributed by atoms with Crippen LogP contribution < -0.4 is 0 Å². The molecule has 0 spiro atoms. The van der Waals surface area contributed by atoms with E-state index in [1.165, 1.54) is 0 Å². The summed E-state index contributed by atoms with van der Waals surface area (Å²) in [6.07, 6.45) is -3.99. The Labute approximate surface area is 94.2 Å². The van der Waals surface area contributed by atoms with E-state index < -0.39 is 11.7 Å². The van der Waals surface area contributed by atoms with Gasteiger partial charge in [-0.3, -0.25) is 0 Å². The van der Waals surface area contributed by atoms with Gasteiger partial charge >= 0.3 is 6.18 Å². The summed E-state index contributed by atoms with van der Waals surface area (Å²) in [4.78, 5) is 3.94. The van der Waals surface area contributed by atoms with Gasteiger partial charge in [0.05, 0.1) is 5.56 Å². The standard InChI is InChI=1S/C10H9BrF3N/c1-6(2)3-8-4-7(10(12,13)14)5-9(11)15-8/h4-5H,1,3H2,2H3. The molecule has 1 heterocycles. The summed E-state index contributed by atoms with van der Waals surface area (Å²) in [5.41, 5.74) is 0.443. The molecule has 0 atom stereocenters. The van der Waals surface area contributed by atoms with Gasteiger partial charge in [-0.2, -0.15) is 13.2 Å². The van der Waals surface area contributed by atoms with Crippen molar-refractivity contribution in [3.8, 4) is 0 Å². The van der Waals surface area contributed by atoms with Gasteiger partial charge in [-0.05, 0) is 35.0 Å². The van der Waals surface area contributed by atoms with E-state index in [-0.39, 0.29) is 4.60 Å². The van der Waals surface area contributed by atoms with Gasteiger partial charge < -0.3 is 0 Å². The molecule has 0 unspecified atom stereocenters. The fourth-order valence-corrected chi connectivity index (χ4v) is 1.59. The molecule has 1 nitrogen and oxygen atoms in total. The largest absolute Gasteiger partial charge is 0.416 e. The number of nitrogens with zero attached hydrogens (tertiary/aromatic N) is 1. The zero-order valence-electron chi connectivity index (χ0n) is 8.03. The zero-order valence-corrected chi connectivity index (χ0v) is 9.61. The maximum atomic E-state index is 12.4. The third-order valence-electron chi connectivity index (χ3n) is 1.66. The number of halogens is 4. The highest BCUT2D eigenvalue weighted by Crippen LogP contribution is 2.31. The second kappa shape index (κ2) is 4.35. The molecule has 0 amide bonds. The number of aromatic nitrogens is 1. The molecule has 0 aliphatic carbocycles. The average Bonchev–Trinajstić information content (AvgIpc) is 1.99. The minimum atomic E-state index is -4.34. The molecule has 0 N–H and O–H groups in total. The Hall–Kier alpha value is -0.840. The van der Waals surface area contributed by atoms with Crippen LogP contribution in [0.5, 0.6) is 0 Å². The molecule has 1 aromatic heterocycles. The lowest BCUT2D eigenvalue weighted by atomic mass is 10.1. The molecule has 0 aromatic carbocycles. The van der Waals surface area contributed by atoms with Crippen LogP contribution in [0.4, 0.5) is 13.2 Å². The number of hydrogen-bond acceptors (Lipinski definition) is 1. The van der Waals surface area contributed by atoms with Crippen LogP contribution in [0.1, 0.15) is 18.2 Å². The Morgan fingerprint density at radius 1 is 1.47 bits per heavy atom. The Morgan fingerprint density at radius 3 is 2.53 bits per heavy atom. The van der Waals surface area contributed by atoms with Crippen LogP contribution in [0, 0.1) is 0 Å². The molecule has 0 saturated carbocycles. The third-order valence-corrected chi connectivity index (χ3v) is 2.06. The predicted octanol–water partition coefficient (Wildman–Crippen LogP) is 3.98. The normalized spacial score (nSPS) is 11.5. The number of rotatable bonds is 2. The number of alkyl halides is 3. The first-order valence-corrected chi connectivity index (χ1v) is 4.96. The molecule has 0 aliphatic heterocycles. The molecule has 15 heavy (non-hydrogen) atoms. The number of hydrogen-bond donors (Lipinski definition) is 0. The predicted molar refractivity (Wildman–Crippen MR) is 55.5 cm³/mol. The van der Waals surface area contributed by atoms with Gasteiger partial charge in [0.1, 0.15) is 4.60 Å². The lowest BCUT2D eigenvalue weighted by Gasteiger charge is -2.09. The fraction of sp³-hybridized carbons (Fsp3) is 0.300. The van der Waals surface area contributed by atoms with Crippen molar-refractivity contribution in [1.29, 1.82) is 0 Å². The molecule has 5 heteroatoms. The Balaban J connectivity index is 3.11. The van der Waals surface area contributed by atoms with E-state index in [4.69, 9.17) is 0 Å². The second-order valence-corrected chi connectivity index (χ2v) is 4.11. The van der Waals surface area contributed by atoms with Crippen LogP contribution in [0.3, 0.4) is 0 Å². The lowest BCUT2D eigenvalue weighted by molar-refractivity contribution is -0.137. The molecule has 1 aromatic rings. The maximum Gasteiger partial charge on any atom is 0.416 e. The van der Waals surface area contributed by atoms with Crippen LogP contribution >= 0.6 is 15.9 Å². The van der Waals surface area contributed by atoms with Crippen LogP contribution in [0.2, 0.25) is 0 Å². The third kappa shape index (κ3) is 3.66. The van der Waals surface area contributed by atoms with E-state index in [9.17, 15) is 13.2 Å². The molecular weight excluding hydrogens is 271 g/mol. The van der Waals surface area contributed by atoms with Crippen LogP contribution in [-0.2, 0) is 12.6 Å². The van der Waals surface area contributed by atoms with Gasteiger partial charge in [-0.15, -0.1) is 0 Å². The van der Waals surface area contributed by atoms with E-state index in [2.05, 4.69) is 27.5 Å². The van der Waals surface area contributed by atoms with E-state index >= 15 is 0 Å². The first-order chi connectivity index (χ1) is 6.79. The Morgan fingerprint density at radius 2 is 2.07 bits per heavy atom. The second-order valence-electron chi connectivity index (χ2n) is 3.30. The quantitative estimate of drug-likeness (QED) is 0.589. The van der Waals surface area contributed by atoms with Gasteiger partial charge in [0.2, 0.25) is 0 Å². The number of pyridine rings is 1. The maximum absolute atomic E-state index is 12.4. The van der Waals surface area contributed by atoms with E-state index in [0.717, 1.165) is 17.7 Å². The van der Waals surface area contributed by atoms with Crippen LogP contribution in [-0.4, -0.2) is 4.98 Å². The van der Waals surface area contributed by atoms with Gasteiger partial charge in [-0.25, -0.2) is 4.98 Å². The summed E-state index contributed by atoms with van der Waals surface area (Å²) in [5.74, 6) is 0. The highest BCUT2D eigenvalue weighted by molar-refractivity contribution is 9.10. The summed E-state index contributed by atoms with van der Waals surface area (Å²) >= 11 is 2.95. The van der Waals surface area contributed by atoms with Crippen molar-refractivity contribution >= 4 is 15.9 Å². The molecule has 0 fully saturated rings. The Kier molecular flexibility index (Phi) is 3.54. The zero-order chi connectivity index (χ0) is 11.6. The molecule has 0 radical (unpaired) electrons. The average molecular weight is 280 g/mol. The van der Waals surface area contributed by atoms with E-state index in [1.807, 2.05) is 0 Å². The fourth-order valence-electron chi connectivity index (χ4n) is 1.11.